The topological polar surface area (TPSA) is 24.1 Å². The van der Waals surface area contributed by atoms with Crippen molar-refractivity contribution < 1.29 is 0 Å². The first-order chi connectivity index (χ1) is 7.92. The summed E-state index contributed by atoms with van der Waals surface area (Å²) < 4.78 is 0. The van der Waals surface area contributed by atoms with E-state index in [2.05, 4.69) is 45.3 Å². The molecule has 2 heteroatoms. The Labute approximate surface area is 108 Å². The summed E-state index contributed by atoms with van der Waals surface area (Å²) in [6.07, 6.45) is 5.66. The molecule has 0 radical (unpaired) electrons. The predicted molar refractivity (Wildman–Crippen MR) is 76.3 cm³/mol. The highest BCUT2D eigenvalue weighted by Crippen LogP contribution is 2.39. The summed E-state index contributed by atoms with van der Waals surface area (Å²) in [5.74, 6) is 0.859. The van der Waals surface area contributed by atoms with Crippen LogP contribution in [0.5, 0.6) is 0 Å². The van der Waals surface area contributed by atoms with Crippen molar-refractivity contribution in [2.45, 2.75) is 72.4 Å². The van der Waals surface area contributed by atoms with Gasteiger partial charge in [-0.2, -0.15) is 0 Å². The molecule has 0 amide bonds. The second-order valence-electron chi connectivity index (χ2n) is 6.80. The van der Waals surface area contributed by atoms with E-state index < -0.39 is 0 Å². The number of hydrogen-bond acceptors (Lipinski definition) is 2. The summed E-state index contributed by atoms with van der Waals surface area (Å²) in [6, 6.07) is 1.17. The van der Waals surface area contributed by atoms with Crippen molar-refractivity contribution in [1.29, 1.82) is 0 Å². The predicted octanol–water partition coefficient (Wildman–Crippen LogP) is 3.18. The van der Waals surface area contributed by atoms with Gasteiger partial charge in [-0.1, -0.05) is 40.5 Å². The molecule has 17 heavy (non-hydrogen) atoms. The maximum atomic E-state index is 3.70. The van der Waals surface area contributed by atoms with E-state index in [1.807, 2.05) is 0 Å². The Balaban J connectivity index is 2.24. The molecule has 0 spiro atoms. The first-order valence-electron chi connectivity index (χ1n) is 7.38. The highest BCUT2D eigenvalue weighted by molar-refractivity contribution is 4.84. The van der Waals surface area contributed by atoms with Crippen molar-refractivity contribution in [3.63, 3.8) is 0 Å². The third-order valence-corrected chi connectivity index (χ3v) is 4.27. The van der Waals surface area contributed by atoms with Crippen molar-refractivity contribution in [2.75, 3.05) is 13.1 Å². The zero-order valence-corrected chi connectivity index (χ0v) is 12.5. The molecular formula is C15H32N2. The van der Waals surface area contributed by atoms with Gasteiger partial charge in [-0.25, -0.2) is 0 Å². The number of hydrogen-bond donors (Lipinski definition) is 2. The van der Waals surface area contributed by atoms with Gasteiger partial charge in [0.1, 0.15) is 0 Å². The molecule has 0 bridgehead atoms. The molecule has 1 saturated carbocycles. The van der Waals surface area contributed by atoms with Crippen LogP contribution >= 0.6 is 0 Å². The van der Waals surface area contributed by atoms with Crippen LogP contribution in [-0.2, 0) is 0 Å². The average molecular weight is 240 g/mol. The third-order valence-electron chi connectivity index (χ3n) is 4.27. The van der Waals surface area contributed by atoms with Crippen molar-refractivity contribution in [1.82, 2.24) is 10.6 Å². The molecule has 2 atom stereocenters. The lowest BCUT2D eigenvalue weighted by molar-refractivity contribution is 0.133. The maximum Gasteiger partial charge on any atom is 0.0164 e. The first kappa shape index (κ1) is 15.0. The summed E-state index contributed by atoms with van der Waals surface area (Å²) in [5.41, 5.74) is 0.538. The summed E-state index contributed by atoms with van der Waals surface area (Å²) >= 11 is 0. The second-order valence-corrected chi connectivity index (χ2v) is 6.80. The zero-order valence-electron chi connectivity index (χ0n) is 12.5. The largest absolute Gasteiger partial charge is 0.313 e. The molecule has 1 fully saturated rings. The van der Waals surface area contributed by atoms with E-state index in [9.17, 15) is 0 Å². The van der Waals surface area contributed by atoms with Crippen LogP contribution in [0, 0.1) is 11.3 Å². The smallest absolute Gasteiger partial charge is 0.0164 e. The summed E-state index contributed by atoms with van der Waals surface area (Å²) in [6.45, 7) is 13.8. The van der Waals surface area contributed by atoms with Crippen molar-refractivity contribution >= 4 is 0 Å². The molecule has 1 aliphatic carbocycles. The van der Waals surface area contributed by atoms with E-state index in [1.165, 1.54) is 32.2 Å². The Hall–Kier alpha value is -0.0800. The standard InChI is InChI=1S/C15H32N2/c1-12(2)16-10-13(3)17-11-14-8-6-7-9-15(14,4)5/h12-14,16-17H,6-11H2,1-5H3. The first-order valence-corrected chi connectivity index (χ1v) is 7.38. The molecule has 0 heterocycles. The fourth-order valence-corrected chi connectivity index (χ4v) is 2.77. The SMILES string of the molecule is CC(C)NCC(C)NCC1CCCCC1(C)C. The lowest BCUT2D eigenvalue weighted by Crippen LogP contribution is -2.43. The minimum atomic E-state index is 0.538. The van der Waals surface area contributed by atoms with Crippen molar-refractivity contribution in [3.05, 3.63) is 0 Å². The summed E-state index contributed by atoms with van der Waals surface area (Å²) in [5, 5.41) is 7.19. The minimum absolute atomic E-state index is 0.538. The van der Waals surface area contributed by atoms with Gasteiger partial charge in [0.05, 0.1) is 0 Å². The van der Waals surface area contributed by atoms with E-state index in [0.717, 1.165) is 12.5 Å². The van der Waals surface area contributed by atoms with Gasteiger partial charge < -0.3 is 10.6 Å². The minimum Gasteiger partial charge on any atom is -0.313 e. The van der Waals surface area contributed by atoms with Crippen molar-refractivity contribution in [2.24, 2.45) is 11.3 Å². The van der Waals surface area contributed by atoms with E-state index in [-0.39, 0.29) is 0 Å². The monoisotopic (exact) mass is 240 g/mol. The fraction of sp³-hybridized carbons (Fsp3) is 1.00. The van der Waals surface area contributed by atoms with E-state index in [0.29, 0.717) is 17.5 Å². The molecule has 1 aliphatic rings. The van der Waals surface area contributed by atoms with E-state index >= 15 is 0 Å². The molecule has 0 aromatic rings. The van der Waals surface area contributed by atoms with Gasteiger partial charge in [-0.05, 0) is 37.6 Å². The maximum absolute atomic E-state index is 3.70. The molecule has 2 N–H and O–H groups in total. The van der Waals surface area contributed by atoms with Gasteiger partial charge in [-0.3, -0.25) is 0 Å². The number of nitrogens with one attached hydrogen (secondary N) is 2. The van der Waals surface area contributed by atoms with Crippen LogP contribution in [0.2, 0.25) is 0 Å². The molecule has 1 rings (SSSR count). The molecule has 2 unspecified atom stereocenters. The molecule has 2 nitrogen and oxygen atoms in total. The second kappa shape index (κ2) is 6.75. The average Bonchev–Trinajstić information content (AvgIpc) is 2.24. The summed E-state index contributed by atoms with van der Waals surface area (Å²) in [7, 11) is 0. The lowest BCUT2D eigenvalue weighted by atomic mass is 9.69. The van der Waals surface area contributed by atoms with Gasteiger partial charge in [0, 0.05) is 18.6 Å². The Morgan fingerprint density at radius 1 is 1.12 bits per heavy atom. The fourth-order valence-electron chi connectivity index (χ4n) is 2.77. The van der Waals surface area contributed by atoms with Gasteiger partial charge in [-0.15, -0.1) is 0 Å². The molecule has 0 aliphatic heterocycles. The van der Waals surface area contributed by atoms with Gasteiger partial charge in [0.15, 0.2) is 0 Å². The van der Waals surface area contributed by atoms with E-state index in [1.54, 1.807) is 0 Å². The van der Waals surface area contributed by atoms with Crippen LogP contribution in [0.1, 0.15) is 60.3 Å². The molecule has 0 saturated heterocycles. The number of rotatable bonds is 6. The third kappa shape index (κ3) is 5.39. The molecule has 102 valence electrons. The lowest BCUT2D eigenvalue weighted by Gasteiger charge is -2.39. The highest BCUT2D eigenvalue weighted by Gasteiger charge is 2.31. The Kier molecular flexibility index (Phi) is 5.94. The highest BCUT2D eigenvalue weighted by atomic mass is 15.0. The van der Waals surface area contributed by atoms with Crippen LogP contribution in [0.4, 0.5) is 0 Å². The van der Waals surface area contributed by atoms with Crippen LogP contribution < -0.4 is 10.6 Å². The van der Waals surface area contributed by atoms with Crippen molar-refractivity contribution in [3.8, 4) is 0 Å². The molecule has 0 aromatic carbocycles. The van der Waals surface area contributed by atoms with Crippen LogP contribution in [-0.4, -0.2) is 25.2 Å². The Bertz CT molecular complexity index is 211. The Morgan fingerprint density at radius 2 is 1.82 bits per heavy atom. The Morgan fingerprint density at radius 3 is 2.41 bits per heavy atom. The summed E-state index contributed by atoms with van der Waals surface area (Å²) in [4.78, 5) is 0. The molecule has 0 aromatic heterocycles. The van der Waals surface area contributed by atoms with Crippen LogP contribution in [0.15, 0.2) is 0 Å². The zero-order chi connectivity index (χ0) is 12.9. The van der Waals surface area contributed by atoms with Crippen LogP contribution in [0.3, 0.4) is 0 Å². The van der Waals surface area contributed by atoms with Gasteiger partial charge in [0.2, 0.25) is 0 Å². The molecular weight excluding hydrogens is 208 g/mol. The quantitative estimate of drug-likeness (QED) is 0.745. The van der Waals surface area contributed by atoms with Gasteiger partial charge in [0.25, 0.3) is 0 Å². The van der Waals surface area contributed by atoms with E-state index in [4.69, 9.17) is 0 Å². The van der Waals surface area contributed by atoms with Crippen LogP contribution in [0.25, 0.3) is 0 Å². The van der Waals surface area contributed by atoms with Gasteiger partial charge >= 0.3 is 0 Å². The normalized spacial score (nSPS) is 26.1.